The van der Waals surface area contributed by atoms with E-state index in [1.807, 2.05) is 21.9 Å². The van der Waals surface area contributed by atoms with Crippen molar-refractivity contribution in [3.8, 4) is 0 Å². The first-order chi connectivity index (χ1) is 15.2. The fraction of sp³-hybridized carbons (Fsp3) is 0.609. The Morgan fingerprint density at radius 1 is 1.09 bits per heavy atom. The van der Waals surface area contributed by atoms with E-state index in [1.54, 1.807) is 7.05 Å². The van der Waals surface area contributed by atoms with Gasteiger partial charge in [0.05, 0.1) is 0 Å². The molecule has 0 aliphatic carbocycles. The standard InChI is InChI=1S/C23H33N5O3.HI/c1-24-23(27-13-11-26(12-14-27)22(30)20-8-5-15-31-20)25-16-18-6-2-3-7-19(18)17-28-10-4-9-21(28)29;/h2-3,6-7,20H,4-5,8-17H2,1H3,(H,24,25);1H. The first-order valence-corrected chi connectivity index (χ1v) is 11.4. The van der Waals surface area contributed by atoms with E-state index in [9.17, 15) is 9.59 Å². The third-order valence-corrected chi connectivity index (χ3v) is 6.40. The smallest absolute Gasteiger partial charge is 0.251 e. The molecule has 3 aliphatic heterocycles. The van der Waals surface area contributed by atoms with Gasteiger partial charge in [-0.15, -0.1) is 24.0 Å². The highest BCUT2D eigenvalue weighted by atomic mass is 127. The summed E-state index contributed by atoms with van der Waals surface area (Å²) in [6, 6.07) is 8.26. The molecule has 0 saturated carbocycles. The normalized spacial score (nSPS) is 21.7. The molecule has 1 atom stereocenters. The predicted octanol–water partition coefficient (Wildman–Crippen LogP) is 1.83. The first kappa shape index (κ1) is 24.8. The number of piperazine rings is 1. The molecule has 0 aromatic heterocycles. The van der Waals surface area contributed by atoms with E-state index in [1.165, 1.54) is 11.1 Å². The minimum atomic E-state index is -0.247. The predicted molar refractivity (Wildman–Crippen MR) is 134 cm³/mol. The second kappa shape index (κ2) is 11.8. The number of amides is 2. The molecule has 1 unspecified atom stereocenters. The second-order valence-electron chi connectivity index (χ2n) is 8.40. The number of guanidine groups is 1. The number of carbonyl (C=O) groups excluding carboxylic acids is 2. The van der Waals surface area contributed by atoms with Gasteiger partial charge in [-0.25, -0.2) is 0 Å². The molecule has 3 fully saturated rings. The van der Waals surface area contributed by atoms with E-state index in [0.717, 1.165) is 44.9 Å². The van der Waals surface area contributed by atoms with Gasteiger partial charge in [-0.1, -0.05) is 24.3 Å². The van der Waals surface area contributed by atoms with Gasteiger partial charge >= 0.3 is 0 Å². The Labute approximate surface area is 207 Å². The highest BCUT2D eigenvalue weighted by molar-refractivity contribution is 14.0. The molecule has 3 saturated heterocycles. The summed E-state index contributed by atoms with van der Waals surface area (Å²) in [5, 5.41) is 3.48. The van der Waals surface area contributed by atoms with Crippen molar-refractivity contribution in [2.45, 2.75) is 44.9 Å². The molecule has 1 N–H and O–H groups in total. The van der Waals surface area contributed by atoms with E-state index in [2.05, 4.69) is 27.3 Å². The van der Waals surface area contributed by atoms with E-state index >= 15 is 0 Å². The van der Waals surface area contributed by atoms with Crippen LogP contribution in [0.5, 0.6) is 0 Å². The van der Waals surface area contributed by atoms with Crippen molar-refractivity contribution in [1.82, 2.24) is 20.0 Å². The maximum Gasteiger partial charge on any atom is 0.251 e. The molecule has 4 rings (SSSR count). The minimum Gasteiger partial charge on any atom is -0.368 e. The molecule has 1 aromatic carbocycles. The number of benzene rings is 1. The zero-order chi connectivity index (χ0) is 21.6. The number of nitrogens with zero attached hydrogens (tertiary/aromatic N) is 4. The highest BCUT2D eigenvalue weighted by Crippen LogP contribution is 2.18. The largest absolute Gasteiger partial charge is 0.368 e. The molecule has 0 bridgehead atoms. The Hall–Kier alpha value is -1.88. The average molecular weight is 555 g/mol. The third kappa shape index (κ3) is 5.92. The zero-order valence-corrected chi connectivity index (χ0v) is 21.1. The summed E-state index contributed by atoms with van der Waals surface area (Å²) < 4.78 is 5.55. The summed E-state index contributed by atoms with van der Waals surface area (Å²) >= 11 is 0. The lowest BCUT2D eigenvalue weighted by molar-refractivity contribution is -0.142. The molecule has 3 aliphatic rings. The fourth-order valence-corrected chi connectivity index (χ4v) is 4.58. The number of aliphatic imine (C=N–C) groups is 1. The van der Waals surface area contributed by atoms with E-state index < -0.39 is 0 Å². The monoisotopic (exact) mass is 555 g/mol. The van der Waals surface area contributed by atoms with Gasteiger partial charge in [0.1, 0.15) is 6.10 Å². The van der Waals surface area contributed by atoms with Gasteiger partial charge < -0.3 is 24.8 Å². The fourth-order valence-electron chi connectivity index (χ4n) is 4.58. The molecular weight excluding hydrogens is 521 g/mol. The van der Waals surface area contributed by atoms with E-state index in [-0.39, 0.29) is 41.9 Å². The van der Waals surface area contributed by atoms with E-state index in [4.69, 9.17) is 4.74 Å². The lowest BCUT2D eigenvalue weighted by Gasteiger charge is -2.37. The van der Waals surface area contributed by atoms with Gasteiger partial charge in [-0.3, -0.25) is 14.6 Å². The lowest BCUT2D eigenvalue weighted by atomic mass is 10.1. The maximum absolute atomic E-state index is 12.6. The molecule has 8 nitrogen and oxygen atoms in total. The van der Waals surface area contributed by atoms with Crippen LogP contribution in [-0.4, -0.2) is 85.0 Å². The van der Waals surface area contributed by atoms with Crippen LogP contribution in [-0.2, 0) is 27.4 Å². The number of hydrogen-bond donors (Lipinski definition) is 1. The SMILES string of the molecule is CN=C(NCc1ccccc1CN1CCCC1=O)N1CCN(C(=O)C2CCCO2)CC1.I. The Kier molecular flexibility index (Phi) is 9.15. The van der Waals surface area contributed by atoms with Crippen molar-refractivity contribution >= 4 is 41.8 Å². The van der Waals surface area contributed by atoms with Crippen molar-refractivity contribution in [2.75, 3.05) is 46.4 Å². The Morgan fingerprint density at radius 3 is 2.44 bits per heavy atom. The van der Waals surface area contributed by atoms with Crippen LogP contribution in [0.25, 0.3) is 0 Å². The number of carbonyl (C=O) groups is 2. The summed E-state index contributed by atoms with van der Waals surface area (Å²) in [5.74, 6) is 1.22. The first-order valence-electron chi connectivity index (χ1n) is 11.4. The number of ether oxygens (including phenoxy) is 1. The molecule has 176 valence electrons. The topological polar surface area (TPSA) is 77.5 Å². The number of rotatable bonds is 5. The van der Waals surface area contributed by atoms with Crippen molar-refractivity contribution < 1.29 is 14.3 Å². The van der Waals surface area contributed by atoms with Crippen LogP contribution in [0.1, 0.15) is 36.8 Å². The quantitative estimate of drug-likeness (QED) is 0.341. The maximum atomic E-state index is 12.6. The van der Waals surface area contributed by atoms with Gasteiger partial charge in [0, 0.05) is 65.9 Å². The van der Waals surface area contributed by atoms with Gasteiger partial charge in [0.2, 0.25) is 5.91 Å². The van der Waals surface area contributed by atoms with Gasteiger partial charge in [0.15, 0.2) is 5.96 Å². The molecule has 0 radical (unpaired) electrons. The number of halogens is 1. The number of likely N-dealkylation sites (tertiary alicyclic amines) is 1. The molecule has 1 aromatic rings. The number of hydrogen-bond acceptors (Lipinski definition) is 4. The van der Waals surface area contributed by atoms with Gasteiger partial charge in [-0.2, -0.15) is 0 Å². The van der Waals surface area contributed by atoms with Crippen LogP contribution in [0.4, 0.5) is 0 Å². The summed E-state index contributed by atoms with van der Waals surface area (Å²) in [5.41, 5.74) is 2.35. The van der Waals surface area contributed by atoms with Crippen molar-refractivity contribution in [3.05, 3.63) is 35.4 Å². The summed E-state index contributed by atoms with van der Waals surface area (Å²) in [4.78, 5) is 35.1. The zero-order valence-electron chi connectivity index (χ0n) is 18.8. The van der Waals surface area contributed by atoms with Crippen LogP contribution < -0.4 is 5.32 Å². The van der Waals surface area contributed by atoms with Crippen LogP contribution in [0.3, 0.4) is 0 Å². The van der Waals surface area contributed by atoms with E-state index in [0.29, 0.717) is 39.2 Å². The van der Waals surface area contributed by atoms with Crippen LogP contribution in [0.2, 0.25) is 0 Å². The molecule has 0 spiro atoms. The minimum absolute atomic E-state index is 0. The van der Waals surface area contributed by atoms with Crippen molar-refractivity contribution in [1.29, 1.82) is 0 Å². The average Bonchev–Trinajstić information content (AvgIpc) is 3.48. The summed E-state index contributed by atoms with van der Waals surface area (Å²) in [6.45, 7) is 5.74. The number of nitrogens with one attached hydrogen (secondary N) is 1. The lowest BCUT2D eigenvalue weighted by Crippen LogP contribution is -2.55. The van der Waals surface area contributed by atoms with Crippen LogP contribution in [0, 0.1) is 0 Å². The van der Waals surface area contributed by atoms with Gasteiger partial charge in [0.25, 0.3) is 5.91 Å². The Balaban J connectivity index is 0.00000289. The van der Waals surface area contributed by atoms with Crippen molar-refractivity contribution in [3.63, 3.8) is 0 Å². The molecule has 3 heterocycles. The van der Waals surface area contributed by atoms with Crippen LogP contribution >= 0.6 is 24.0 Å². The molecule has 2 amide bonds. The Bertz CT molecular complexity index is 820. The molecular formula is C23H34IN5O3. The Morgan fingerprint density at radius 2 is 1.81 bits per heavy atom. The second-order valence-corrected chi connectivity index (χ2v) is 8.40. The third-order valence-electron chi connectivity index (χ3n) is 6.40. The van der Waals surface area contributed by atoms with Crippen LogP contribution in [0.15, 0.2) is 29.3 Å². The highest BCUT2D eigenvalue weighted by Gasteiger charge is 2.31. The van der Waals surface area contributed by atoms with Crippen molar-refractivity contribution in [2.24, 2.45) is 4.99 Å². The molecule has 32 heavy (non-hydrogen) atoms. The summed E-state index contributed by atoms with van der Waals surface area (Å²) in [6.07, 6.45) is 3.18. The van der Waals surface area contributed by atoms with Gasteiger partial charge in [-0.05, 0) is 30.4 Å². The summed E-state index contributed by atoms with van der Waals surface area (Å²) in [7, 11) is 1.79. The molecule has 9 heteroatoms.